The molecule has 0 unspecified atom stereocenters. The van der Waals surface area contributed by atoms with Gasteiger partial charge in [-0.25, -0.2) is 4.98 Å². The maximum absolute atomic E-state index is 4.66. The molecule has 8 heavy (non-hydrogen) atoms. The standard InChI is InChI=1S/C4H4N2S.Li/c7-4-1-2-5-3-6-4;/h1-3H,(H,5,6,7);/q;+1/p-1. The maximum Gasteiger partial charge on any atom is 1.00 e. The number of hydrogen-bond acceptors (Lipinski definition) is 3. The molecule has 0 radical (unpaired) electrons. The van der Waals surface area contributed by atoms with Crippen molar-refractivity contribution in [2.24, 2.45) is 0 Å². The van der Waals surface area contributed by atoms with Gasteiger partial charge in [-0.1, -0.05) is 5.03 Å². The summed E-state index contributed by atoms with van der Waals surface area (Å²) in [6.07, 6.45) is 3.05. The molecule has 0 aromatic carbocycles. The Balaban J connectivity index is 0.000000490. The molecule has 0 aliphatic rings. The minimum Gasteiger partial charge on any atom is -0.760 e. The molecular formula is C4H3LiN2S. The Hall–Kier alpha value is -0.103. The molecule has 1 heterocycles. The largest absolute Gasteiger partial charge is 1.00 e. The van der Waals surface area contributed by atoms with Crippen LogP contribution in [0.15, 0.2) is 23.6 Å². The van der Waals surface area contributed by atoms with Crippen LogP contribution in [0.25, 0.3) is 0 Å². The van der Waals surface area contributed by atoms with Gasteiger partial charge in [0.15, 0.2) is 0 Å². The van der Waals surface area contributed by atoms with E-state index in [-0.39, 0.29) is 18.9 Å². The van der Waals surface area contributed by atoms with Crippen LogP contribution in [0, 0.1) is 0 Å². The van der Waals surface area contributed by atoms with Crippen LogP contribution in [0.2, 0.25) is 0 Å². The average molecular weight is 118 g/mol. The first-order valence-electron chi connectivity index (χ1n) is 1.82. The molecule has 1 aromatic heterocycles. The average Bonchev–Trinajstić information content (AvgIpc) is 1.69. The van der Waals surface area contributed by atoms with Gasteiger partial charge < -0.3 is 12.6 Å². The Kier molecular flexibility index (Phi) is 3.80. The molecule has 0 amide bonds. The predicted octanol–water partition coefficient (Wildman–Crippen LogP) is -2.61. The summed E-state index contributed by atoms with van der Waals surface area (Å²) in [6.45, 7) is 0. The summed E-state index contributed by atoms with van der Waals surface area (Å²) in [7, 11) is 0. The van der Waals surface area contributed by atoms with Crippen molar-refractivity contribution >= 4 is 12.6 Å². The summed E-state index contributed by atoms with van der Waals surface area (Å²) in [5.41, 5.74) is 0. The van der Waals surface area contributed by atoms with Crippen LogP contribution in [0.5, 0.6) is 0 Å². The zero-order chi connectivity index (χ0) is 5.11. The second-order valence-electron chi connectivity index (χ2n) is 1.05. The molecule has 0 spiro atoms. The molecule has 0 saturated carbocycles. The van der Waals surface area contributed by atoms with E-state index in [1.165, 1.54) is 6.33 Å². The van der Waals surface area contributed by atoms with Gasteiger partial charge in [0.25, 0.3) is 0 Å². The van der Waals surface area contributed by atoms with Gasteiger partial charge in [0.05, 0.1) is 0 Å². The van der Waals surface area contributed by atoms with Crippen LogP contribution in [0.4, 0.5) is 0 Å². The molecule has 0 aliphatic heterocycles. The van der Waals surface area contributed by atoms with E-state index < -0.39 is 0 Å². The van der Waals surface area contributed by atoms with Gasteiger partial charge in [0.1, 0.15) is 6.33 Å². The van der Waals surface area contributed by atoms with Gasteiger partial charge in [-0.2, -0.15) is 0 Å². The van der Waals surface area contributed by atoms with Crippen molar-refractivity contribution in [1.82, 2.24) is 9.97 Å². The Bertz CT molecular complexity index is 144. The van der Waals surface area contributed by atoms with Crippen LogP contribution in [0.1, 0.15) is 0 Å². The van der Waals surface area contributed by atoms with Crippen molar-refractivity contribution in [3.05, 3.63) is 18.6 Å². The van der Waals surface area contributed by atoms with Crippen molar-refractivity contribution in [1.29, 1.82) is 0 Å². The van der Waals surface area contributed by atoms with Crippen LogP contribution in [-0.2, 0) is 12.6 Å². The fourth-order valence-electron chi connectivity index (χ4n) is 0.279. The van der Waals surface area contributed by atoms with E-state index in [2.05, 4.69) is 22.6 Å². The third-order valence-electron chi connectivity index (χ3n) is 0.555. The molecule has 0 fully saturated rings. The molecule has 1 aromatic rings. The normalized spacial score (nSPS) is 7.50. The minimum atomic E-state index is 0. The Labute approximate surface area is 65.3 Å². The van der Waals surface area contributed by atoms with Gasteiger partial charge in [-0.15, -0.1) is 0 Å². The summed E-state index contributed by atoms with van der Waals surface area (Å²) < 4.78 is 0. The quantitative estimate of drug-likeness (QED) is 0.212. The van der Waals surface area contributed by atoms with E-state index in [1.807, 2.05) is 0 Å². The predicted molar refractivity (Wildman–Crippen MR) is 27.7 cm³/mol. The van der Waals surface area contributed by atoms with Crippen molar-refractivity contribution in [3.8, 4) is 0 Å². The molecular weight excluding hydrogens is 115 g/mol. The SMILES string of the molecule is [Li+].[S-]c1ccncn1. The van der Waals surface area contributed by atoms with Gasteiger partial charge in [-0.05, 0) is 6.07 Å². The topological polar surface area (TPSA) is 25.8 Å². The first-order chi connectivity index (χ1) is 3.39. The molecule has 1 rings (SSSR count). The fraction of sp³-hybridized carbons (Fsp3) is 0. The molecule has 0 bridgehead atoms. The number of aromatic nitrogens is 2. The first kappa shape index (κ1) is 7.90. The van der Waals surface area contributed by atoms with Crippen LogP contribution < -0.4 is 18.9 Å². The third kappa shape index (κ3) is 2.27. The number of hydrogen-bond donors (Lipinski definition) is 0. The fourth-order valence-corrected chi connectivity index (χ4v) is 0.387. The first-order valence-corrected chi connectivity index (χ1v) is 2.23. The molecule has 4 heteroatoms. The summed E-state index contributed by atoms with van der Waals surface area (Å²) in [4.78, 5) is 7.35. The van der Waals surface area contributed by atoms with Crippen LogP contribution >= 0.6 is 0 Å². The zero-order valence-corrected chi connectivity index (χ0v) is 5.35. The summed E-state index contributed by atoms with van der Waals surface area (Å²) in [6, 6.07) is 1.68. The third-order valence-corrected chi connectivity index (χ3v) is 0.796. The minimum absolute atomic E-state index is 0. The van der Waals surface area contributed by atoms with Crippen LogP contribution in [0.3, 0.4) is 0 Å². The van der Waals surface area contributed by atoms with E-state index in [0.29, 0.717) is 5.03 Å². The van der Waals surface area contributed by atoms with E-state index >= 15 is 0 Å². The van der Waals surface area contributed by atoms with Crippen molar-refractivity contribution in [2.75, 3.05) is 0 Å². The van der Waals surface area contributed by atoms with Gasteiger partial charge in [0, 0.05) is 6.20 Å². The monoisotopic (exact) mass is 118 g/mol. The molecule has 2 nitrogen and oxygen atoms in total. The van der Waals surface area contributed by atoms with E-state index in [1.54, 1.807) is 12.3 Å². The van der Waals surface area contributed by atoms with Crippen molar-refractivity contribution in [3.63, 3.8) is 0 Å². The van der Waals surface area contributed by atoms with E-state index in [4.69, 9.17) is 0 Å². The molecule has 0 N–H and O–H groups in total. The second kappa shape index (κ2) is 3.85. The molecule has 36 valence electrons. The van der Waals surface area contributed by atoms with Gasteiger partial charge in [0.2, 0.25) is 0 Å². The maximum atomic E-state index is 4.66. The molecule has 0 atom stereocenters. The Morgan fingerprint density at radius 2 is 2.25 bits per heavy atom. The second-order valence-corrected chi connectivity index (χ2v) is 1.47. The number of rotatable bonds is 0. The van der Waals surface area contributed by atoms with E-state index in [9.17, 15) is 0 Å². The Morgan fingerprint density at radius 1 is 1.50 bits per heavy atom. The smallest absolute Gasteiger partial charge is 0.760 e. The Morgan fingerprint density at radius 3 is 2.50 bits per heavy atom. The van der Waals surface area contributed by atoms with Crippen molar-refractivity contribution in [2.45, 2.75) is 5.03 Å². The summed E-state index contributed by atoms with van der Waals surface area (Å²) in [5, 5.41) is 0.593. The molecule has 0 aliphatic carbocycles. The van der Waals surface area contributed by atoms with Gasteiger partial charge >= 0.3 is 18.9 Å². The molecule has 0 saturated heterocycles. The van der Waals surface area contributed by atoms with E-state index in [0.717, 1.165) is 0 Å². The number of nitrogens with zero attached hydrogens (tertiary/aromatic N) is 2. The summed E-state index contributed by atoms with van der Waals surface area (Å²) in [5.74, 6) is 0. The zero-order valence-electron chi connectivity index (χ0n) is 4.53. The van der Waals surface area contributed by atoms with Crippen molar-refractivity contribution < 1.29 is 18.9 Å². The summed E-state index contributed by atoms with van der Waals surface area (Å²) >= 11 is 4.66. The van der Waals surface area contributed by atoms with Gasteiger partial charge in [-0.3, -0.25) is 4.98 Å². The van der Waals surface area contributed by atoms with Crippen LogP contribution in [-0.4, -0.2) is 9.97 Å².